The zero-order valence-electron chi connectivity index (χ0n) is 12.3. The van der Waals surface area contributed by atoms with Gasteiger partial charge in [-0.05, 0) is 55.2 Å². The van der Waals surface area contributed by atoms with Gasteiger partial charge in [-0.2, -0.15) is 0 Å². The maximum Gasteiger partial charge on any atom is 0.123 e. The van der Waals surface area contributed by atoms with Gasteiger partial charge in [-0.25, -0.2) is 0 Å². The van der Waals surface area contributed by atoms with Crippen LogP contribution in [0.1, 0.15) is 36.3 Å². The Bertz CT molecular complexity index is 603. The molecule has 1 saturated carbocycles. The van der Waals surface area contributed by atoms with Crippen molar-refractivity contribution in [2.24, 2.45) is 5.92 Å². The third-order valence-electron chi connectivity index (χ3n) is 4.04. The lowest BCUT2D eigenvalue weighted by atomic mass is 10.2. The van der Waals surface area contributed by atoms with Gasteiger partial charge in [0.15, 0.2) is 0 Å². The lowest BCUT2D eigenvalue weighted by Crippen LogP contribution is -2.00. The minimum absolute atomic E-state index is 0.645. The lowest BCUT2D eigenvalue weighted by Gasteiger charge is -2.09. The Morgan fingerprint density at radius 3 is 2.75 bits per heavy atom. The fraction of sp³-hybridized carbons (Fsp3) is 0.412. The van der Waals surface area contributed by atoms with Gasteiger partial charge in [-0.3, -0.25) is 0 Å². The largest absolute Gasteiger partial charge is 0.497 e. The van der Waals surface area contributed by atoms with Crippen molar-refractivity contribution >= 4 is 5.69 Å². The van der Waals surface area contributed by atoms with Crippen molar-refractivity contribution in [3.05, 3.63) is 47.4 Å². The summed E-state index contributed by atoms with van der Waals surface area (Å²) in [5.74, 6) is 4.45. The van der Waals surface area contributed by atoms with Crippen molar-refractivity contribution in [3.63, 3.8) is 0 Å². The number of hydrogen-bond donors (Lipinski definition) is 1. The summed E-state index contributed by atoms with van der Waals surface area (Å²) in [6.45, 7) is 5.06. The van der Waals surface area contributed by atoms with Gasteiger partial charge in [-0.15, -0.1) is 0 Å². The molecule has 1 N–H and O–H groups in total. The van der Waals surface area contributed by atoms with Crippen molar-refractivity contribution in [3.8, 4) is 5.75 Å². The molecule has 0 aliphatic heterocycles. The Labute approximate surface area is 119 Å². The predicted octanol–water partition coefficient (Wildman–Crippen LogP) is 4.33. The molecular formula is C17H21NO2. The first-order valence-corrected chi connectivity index (χ1v) is 7.14. The highest BCUT2D eigenvalue weighted by molar-refractivity contribution is 5.53. The van der Waals surface area contributed by atoms with Gasteiger partial charge in [-0.1, -0.05) is 6.92 Å². The zero-order chi connectivity index (χ0) is 14.1. The van der Waals surface area contributed by atoms with E-state index >= 15 is 0 Å². The van der Waals surface area contributed by atoms with Crippen molar-refractivity contribution in [1.29, 1.82) is 0 Å². The normalized spacial score (nSPS) is 20.8. The highest BCUT2D eigenvalue weighted by Crippen LogP contribution is 2.47. The second-order valence-corrected chi connectivity index (χ2v) is 5.66. The summed E-state index contributed by atoms with van der Waals surface area (Å²) >= 11 is 0. The Kier molecular flexibility index (Phi) is 3.43. The molecule has 3 heteroatoms. The number of rotatable bonds is 5. The third kappa shape index (κ3) is 2.67. The third-order valence-corrected chi connectivity index (χ3v) is 4.04. The summed E-state index contributed by atoms with van der Waals surface area (Å²) in [6, 6.07) is 10.2. The summed E-state index contributed by atoms with van der Waals surface area (Å²) in [5.41, 5.74) is 2.29. The molecule has 0 radical (unpaired) electrons. The van der Waals surface area contributed by atoms with E-state index in [1.54, 1.807) is 7.11 Å². The van der Waals surface area contributed by atoms with E-state index in [0.29, 0.717) is 12.5 Å². The summed E-state index contributed by atoms with van der Waals surface area (Å²) in [4.78, 5) is 0. The van der Waals surface area contributed by atoms with Crippen LogP contribution in [0.2, 0.25) is 0 Å². The van der Waals surface area contributed by atoms with Crippen LogP contribution >= 0.6 is 0 Å². The van der Waals surface area contributed by atoms with Crippen LogP contribution in [-0.2, 0) is 6.54 Å². The minimum atomic E-state index is 0.645. The molecule has 0 spiro atoms. The quantitative estimate of drug-likeness (QED) is 0.878. The Balaban J connectivity index is 1.63. The molecule has 3 nitrogen and oxygen atoms in total. The number of aryl methyl sites for hydroxylation is 1. The SMILES string of the molecule is COc1ccc(NCc2ccc(C3CC3C)o2)c(C)c1. The van der Waals surface area contributed by atoms with E-state index in [4.69, 9.17) is 9.15 Å². The molecule has 0 bridgehead atoms. The maximum atomic E-state index is 5.90. The number of hydrogen-bond acceptors (Lipinski definition) is 3. The molecule has 1 aliphatic rings. The molecule has 1 fully saturated rings. The van der Waals surface area contributed by atoms with Gasteiger partial charge >= 0.3 is 0 Å². The number of benzene rings is 1. The van der Waals surface area contributed by atoms with Gasteiger partial charge in [0, 0.05) is 11.6 Å². The van der Waals surface area contributed by atoms with Gasteiger partial charge in [0.1, 0.15) is 17.3 Å². The molecule has 106 valence electrons. The number of furan rings is 1. The van der Waals surface area contributed by atoms with Crippen molar-refractivity contribution in [1.82, 2.24) is 0 Å². The maximum absolute atomic E-state index is 5.90. The average molecular weight is 271 g/mol. The van der Waals surface area contributed by atoms with E-state index in [-0.39, 0.29) is 0 Å². The first-order chi connectivity index (χ1) is 9.67. The second-order valence-electron chi connectivity index (χ2n) is 5.66. The molecular weight excluding hydrogens is 250 g/mol. The Morgan fingerprint density at radius 2 is 2.10 bits per heavy atom. The van der Waals surface area contributed by atoms with E-state index in [0.717, 1.165) is 28.9 Å². The molecule has 1 aromatic heterocycles. The first kappa shape index (κ1) is 13.1. The molecule has 0 saturated heterocycles. The average Bonchev–Trinajstić information content (AvgIpc) is 3.00. The van der Waals surface area contributed by atoms with Crippen LogP contribution in [0.3, 0.4) is 0 Å². The highest BCUT2D eigenvalue weighted by Gasteiger charge is 2.36. The molecule has 2 atom stereocenters. The molecule has 3 rings (SSSR count). The summed E-state index contributed by atoms with van der Waals surface area (Å²) < 4.78 is 11.1. The molecule has 1 aliphatic carbocycles. The van der Waals surface area contributed by atoms with Crippen LogP contribution < -0.4 is 10.1 Å². The van der Waals surface area contributed by atoms with Crippen molar-refractivity contribution in [2.45, 2.75) is 32.7 Å². The second kappa shape index (κ2) is 5.23. The smallest absolute Gasteiger partial charge is 0.123 e. The molecule has 1 aromatic carbocycles. The molecule has 20 heavy (non-hydrogen) atoms. The molecule has 0 amide bonds. The number of nitrogens with one attached hydrogen (secondary N) is 1. The van der Waals surface area contributed by atoms with Crippen LogP contribution in [0.4, 0.5) is 5.69 Å². The summed E-state index contributed by atoms with van der Waals surface area (Å²) in [7, 11) is 1.69. The monoisotopic (exact) mass is 271 g/mol. The van der Waals surface area contributed by atoms with E-state index < -0.39 is 0 Å². The fourth-order valence-electron chi connectivity index (χ4n) is 2.55. The van der Waals surface area contributed by atoms with E-state index in [1.807, 2.05) is 18.2 Å². The summed E-state index contributed by atoms with van der Waals surface area (Å²) in [6.07, 6.45) is 1.26. The standard InChI is InChI=1S/C17H21NO2/c1-11-9-15(11)17-7-5-14(20-17)10-18-16-6-4-13(19-3)8-12(16)2/h4-8,11,15,18H,9-10H2,1-3H3. The molecule has 2 unspecified atom stereocenters. The van der Waals surface area contributed by atoms with Crippen LogP contribution in [0.25, 0.3) is 0 Å². The van der Waals surface area contributed by atoms with E-state index in [1.165, 1.54) is 12.0 Å². The topological polar surface area (TPSA) is 34.4 Å². The van der Waals surface area contributed by atoms with Crippen molar-refractivity contribution < 1.29 is 9.15 Å². The summed E-state index contributed by atoms with van der Waals surface area (Å²) in [5, 5.41) is 3.42. The molecule has 2 aromatic rings. The van der Waals surface area contributed by atoms with Gasteiger partial charge in [0.2, 0.25) is 0 Å². The first-order valence-electron chi connectivity index (χ1n) is 7.14. The highest BCUT2D eigenvalue weighted by atomic mass is 16.5. The van der Waals surface area contributed by atoms with Gasteiger partial charge in [0.05, 0.1) is 13.7 Å². The Hall–Kier alpha value is -1.90. The van der Waals surface area contributed by atoms with E-state index in [2.05, 4.69) is 31.3 Å². The fourth-order valence-corrected chi connectivity index (χ4v) is 2.55. The number of anilines is 1. The van der Waals surface area contributed by atoms with Crippen LogP contribution in [-0.4, -0.2) is 7.11 Å². The van der Waals surface area contributed by atoms with Crippen LogP contribution in [0.15, 0.2) is 34.7 Å². The van der Waals surface area contributed by atoms with Crippen LogP contribution in [0.5, 0.6) is 5.75 Å². The Morgan fingerprint density at radius 1 is 1.30 bits per heavy atom. The molecule has 1 heterocycles. The van der Waals surface area contributed by atoms with Crippen LogP contribution in [0, 0.1) is 12.8 Å². The number of ether oxygens (including phenoxy) is 1. The van der Waals surface area contributed by atoms with Gasteiger partial charge < -0.3 is 14.5 Å². The van der Waals surface area contributed by atoms with Gasteiger partial charge in [0.25, 0.3) is 0 Å². The van der Waals surface area contributed by atoms with Crippen molar-refractivity contribution in [2.75, 3.05) is 12.4 Å². The minimum Gasteiger partial charge on any atom is -0.497 e. The van der Waals surface area contributed by atoms with E-state index in [9.17, 15) is 0 Å². The zero-order valence-corrected chi connectivity index (χ0v) is 12.3. The number of methoxy groups -OCH3 is 1. The lowest BCUT2D eigenvalue weighted by molar-refractivity contribution is 0.414. The predicted molar refractivity (Wildman–Crippen MR) is 80.3 cm³/mol.